The van der Waals surface area contributed by atoms with E-state index in [0.29, 0.717) is 0 Å². The van der Waals surface area contributed by atoms with Gasteiger partial charge in [0.15, 0.2) is 0 Å². The molecule has 0 saturated heterocycles. The zero-order valence-electron chi connectivity index (χ0n) is 9.33. The third-order valence-corrected chi connectivity index (χ3v) is 2.82. The fourth-order valence-electron chi connectivity index (χ4n) is 1.23. The van der Waals surface area contributed by atoms with Gasteiger partial charge >= 0.3 is 0 Å². The predicted molar refractivity (Wildman–Crippen MR) is 61.7 cm³/mol. The van der Waals surface area contributed by atoms with E-state index in [1.54, 1.807) is 0 Å². The van der Waals surface area contributed by atoms with E-state index >= 15 is 0 Å². The second kappa shape index (κ2) is 4.85. The molecular weight excluding hydrogens is 198 g/mol. The van der Waals surface area contributed by atoms with Crippen LogP contribution in [0, 0.1) is 12.3 Å². The first kappa shape index (κ1) is 13.5. The molecule has 0 aromatic carbocycles. The van der Waals surface area contributed by atoms with Crippen LogP contribution in [0.2, 0.25) is 0 Å². The summed E-state index contributed by atoms with van der Waals surface area (Å²) in [4.78, 5) is 0. The van der Waals surface area contributed by atoms with Gasteiger partial charge in [-0.05, 0) is 30.9 Å². The van der Waals surface area contributed by atoms with Gasteiger partial charge in [0, 0.05) is 0 Å². The minimum atomic E-state index is -0.00815. The monoisotopic (exact) mass is 217 g/mol. The molecule has 2 nitrogen and oxygen atoms in total. The highest BCUT2D eigenvalue weighted by molar-refractivity contribution is 5.85. The summed E-state index contributed by atoms with van der Waals surface area (Å²) in [6, 6.07) is 3.92. The number of rotatable bonds is 3. The number of aryl methyl sites for hydroxylation is 1. The average molecular weight is 218 g/mol. The Hall–Kier alpha value is -0.470. The molecule has 1 atom stereocenters. The van der Waals surface area contributed by atoms with E-state index in [0.717, 1.165) is 17.9 Å². The van der Waals surface area contributed by atoms with Crippen LogP contribution in [-0.4, -0.2) is 0 Å². The molecule has 1 aromatic heterocycles. The van der Waals surface area contributed by atoms with Gasteiger partial charge in [0.2, 0.25) is 0 Å². The summed E-state index contributed by atoms with van der Waals surface area (Å²) in [5.74, 6) is 1.82. The Balaban J connectivity index is 0.00000169. The van der Waals surface area contributed by atoms with Crippen LogP contribution in [0.1, 0.15) is 44.8 Å². The van der Waals surface area contributed by atoms with Crippen molar-refractivity contribution in [2.45, 2.75) is 40.2 Å². The fourth-order valence-corrected chi connectivity index (χ4v) is 1.23. The summed E-state index contributed by atoms with van der Waals surface area (Å²) in [5.41, 5.74) is 6.20. The van der Waals surface area contributed by atoms with Gasteiger partial charge in [-0.15, -0.1) is 12.4 Å². The number of halogens is 1. The Bertz CT molecular complexity index is 281. The molecule has 1 rings (SSSR count). The molecule has 0 spiro atoms. The molecule has 1 aromatic rings. The second-order valence-corrected chi connectivity index (χ2v) is 4.27. The highest BCUT2D eigenvalue weighted by Gasteiger charge is 2.27. The van der Waals surface area contributed by atoms with Crippen LogP contribution in [0.4, 0.5) is 0 Å². The Labute approximate surface area is 92.3 Å². The van der Waals surface area contributed by atoms with Crippen LogP contribution in [0.5, 0.6) is 0 Å². The zero-order valence-corrected chi connectivity index (χ0v) is 10.1. The van der Waals surface area contributed by atoms with Crippen molar-refractivity contribution in [3.63, 3.8) is 0 Å². The van der Waals surface area contributed by atoms with Crippen molar-refractivity contribution >= 4 is 12.4 Å². The topological polar surface area (TPSA) is 39.2 Å². The predicted octanol–water partition coefficient (Wildman–Crippen LogP) is 3.45. The summed E-state index contributed by atoms with van der Waals surface area (Å²) < 4.78 is 5.51. The Morgan fingerprint density at radius 1 is 1.43 bits per heavy atom. The van der Waals surface area contributed by atoms with Gasteiger partial charge in [-0.3, -0.25) is 0 Å². The summed E-state index contributed by atoms with van der Waals surface area (Å²) in [7, 11) is 0. The van der Waals surface area contributed by atoms with E-state index in [1.165, 1.54) is 0 Å². The highest BCUT2D eigenvalue weighted by Crippen LogP contribution is 2.34. The maximum Gasteiger partial charge on any atom is 0.121 e. The van der Waals surface area contributed by atoms with Crippen LogP contribution in [0.15, 0.2) is 16.5 Å². The van der Waals surface area contributed by atoms with E-state index in [4.69, 9.17) is 10.2 Å². The fraction of sp³-hybridized carbons (Fsp3) is 0.636. The van der Waals surface area contributed by atoms with Gasteiger partial charge < -0.3 is 10.2 Å². The van der Waals surface area contributed by atoms with Crippen molar-refractivity contribution < 1.29 is 4.42 Å². The first-order valence-corrected chi connectivity index (χ1v) is 4.79. The van der Waals surface area contributed by atoms with Crippen molar-refractivity contribution in [3.05, 3.63) is 23.7 Å². The first-order chi connectivity index (χ1) is 5.97. The summed E-state index contributed by atoms with van der Waals surface area (Å²) in [5, 5.41) is 0. The van der Waals surface area contributed by atoms with Crippen LogP contribution >= 0.6 is 12.4 Å². The largest absolute Gasteiger partial charge is 0.465 e. The summed E-state index contributed by atoms with van der Waals surface area (Å²) >= 11 is 0. The van der Waals surface area contributed by atoms with Gasteiger partial charge in [0.1, 0.15) is 11.5 Å². The number of furan rings is 1. The summed E-state index contributed by atoms with van der Waals surface area (Å²) in [6.07, 6.45) is 1.05. The molecule has 0 saturated carbocycles. The van der Waals surface area contributed by atoms with E-state index < -0.39 is 0 Å². The van der Waals surface area contributed by atoms with Crippen molar-refractivity contribution in [2.75, 3.05) is 0 Å². The molecule has 0 aliphatic rings. The average Bonchev–Trinajstić information content (AvgIpc) is 2.50. The number of hydrogen-bond donors (Lipinski definition) is 1. The molecule has 0 aliphatic carbocycles. The first-order valence-electron chi connectivity index (χ1n) is 4.79. The molecule has 82 valence electrons. The molecule has 3 heteroatoms. The Kier molecular flexibility index (Phi) is 4.69. The standard InChI is InChI=1S/C11H19NO.ClH/c1-5-11(3,4)10(12)9-7-6-8(2)13-9;/h6-7,10H,5,12H2,1-4H3;1H/t10-;/m0./s1. The minimum Gasteiger partial charge on any atom is -0.465 e. The highest BCUT2D eigenvalue weighted by atomic mass is 35.5. The lowest BCUT2D eigenvalue weighted by molar-refractivity contribution is 0.245. The van der Waals surface area contributed by atoms with Crippen LogP contribution in [-0.2, 0) is 0 Å². The second-order valence-electron chi connectivity index (χ2n) is 4.27. The SMILES string of the molecule is CCC(C)(C)[C@@H](N)c1ccc(C)o1.Cl. The molecule has 0 bridgehead atoms. The Morgan fingerprint density at radius 3 is 2.36 bits per heavy atom. The van der Waals surface area contributed by atoms with E-state index in [2.05, 4.69) is 20.8 Å². The van der Waals surface area contributed by atoms with Crippen molar-refractivity contribution in [1.29, 1.82) is 0 Å². The van der Waals surface area contributed by atoms with Crippen molar-refractivity contribution in [3.8, 4) is 0 Å². The maximum atomic E-state index is 6.10. The van der Waals surface area contributed by atoms with E-state index in [-0.39, 0.29) is 23.9 Å². The molecule has 0 fully saturated rings. The van der Waals surface area contributed by atoms with Gasteiger partial charge in [-0.25, -0.2) is 0 Å². The number of hydrogen-bond acceptors (Lipinski definition) is 2. The zero-order chi connectivity index (χ0) is 10.1. The quantitative estimate of drug-likeness (QED) is 0.843. The lowest BCUT2D eigenvalue weighted by Gasteiger charge is -2.28. The molecule has 14 heavy (non-hydrogen) atoms. The van der Waals surface area contributed by atoms with Gasteiger partial charge in [-0.1, -0.05) is 20.8 Å². The molecule has 0 radical (unpaired) electrons. The molecule has 2 N–H and O–H groups in total. The Morgan fingerprint density at radius 2 is 2.00 bits per heavy atom. The summed E-state index contributed by atoms with van der Waals surface area (Å²) in [6.45, 7) is 8.41. The lowest BCUT2D eigenvalue weighted by atomic mass is 9.81. The van der Waals surface area contributed by atoms with Gasteiger partial charge in [0.25, 0.3) is 0 Å². The molecule has 0 aliphatic heterocycles. The smallest absolute Gasteiger partial charge is 0.121 e. The van der Waals surface area contributed by atoms with Crippen molar-refractivity contribution in [2.24, 2.45) is 11.1 Å². The van der Waals surface area contributed by atoms with Crippen LogP contribution < -0.4 is 5.73 Å². The van der Waals surface area contributed by atoms with Gasteiger partial charge in [-0.2, -0.15) is 0 Å². The van der Waals surface area contributed by atoms with Gasteiger partial charge in [0.05, 0.1) is 6.04 Å². The molecular formula is C11H20ClNO. The normalized spacial score (nSPS) is 13.5. The molecule has 1 heterocycles. The van der Waals surface area contributed by atoms with E-state index in [9.17, 15) is 0 Å². The van der Waals surface area contributed by atoms with E-state index in [1.807, 2.05) is 19.1 Å². The maximum absolute atomic E-state index is 6.10. The third-order valence-electron chi connectivity index (χ3n) is 2.82. The minimum absolute atomic E-state index is 0. The molecule has 0 unspecified atom stereocenters. The lowest BCUT2D eigenvalue weighted by Crippen LogP contribution is -2.28. The van der Waals surface area contributed by atoms with Crippen LogP contribution in [0.25, 0.3) is 0 Å². The van der Waals surface area contributed by atoms with Crippen molar-refractivity contribution in [1.82, 2.24) is 0 Å². The van der Waals surface area contributed by atoms with Crippen LogP contribution in [0.3, 0.4) is 0 Å². The number of nitrogens with two attached hydrogens (primary N) is 1. The molecule has 0 amide bonds. The third kappa shape index (κ3) is 2.76.